The Balaban J connectivity index is 1.39. The monoisotopic (exact) mass is 463 g/mol. The van der Waals surface area contributed by atoms with Crippen molar-refractivity contribution in [2.24, 2.45) is 0 Å². The summed E-state index contributed by atoms with van der Waals surface area (Å²) in [6, 6.07) is 9.70. The summed E-state index contributed by atoms with van der Waals surface area (Å²) in [6.45, 7) is 2.68. The largest absolute Gasteiger partial charge is 0.484 e. The number of hydrogen-bond acceptors (Lipinski definition) is 6. The molecule has 4 rings (SSSR count). The molecule has 11 heteroatoms. The topological polar surface area (TPSA) is 102 Å². The summed E-state index contributed by atoms with van der Waals surface area (Å²) in [7, 11) is -3.81. The molecule has 0 atom stereocenters. The molecule has 9 nitrogen and oxygen atoms in total. The molecule has 1 aliphatic rings. The van der Waals surface area contributed by atoms with Gasteiger partial charge in [-0.05, 0) is 43.3 Å². The maximum absolute atomic E-state index is 13.0. The first-order chi connectivity index (χ1) is 15.3. The number of aryl methyl sites for hydroxylation is 1. The minimum atomic E-state index is -3.81. The van der Waals surface area contributed by atoms with Gasteiger partial charge < -0.3 is 14.1 Å². The van der Waals surface area contributed by atoms with Gasteiger partial charge in [0, 0.05) is 38.8 Å². The van der Waals surface area contributed by atoms with E-state index >= 15 is 0 Å². The molecule has 0 bridgehead atoms. The molecule has 1 saturated heterocycles. The second kappa shape index (κ2) is 8.75. The number of carbonyl (C=O) groups excluding carboxylic acids is 1. The number of fused-ring (bicyclic) bond motifs is 1. The van der Waals surface area contributed by atoms with Crippen LogP contribution in [0.4, 0.5) is 4.39 Å². The van der Waals surface area contributed by atoms with Crippen molar-refractivity contribution in [2.75, 3.05) is 32.8 Å². The number of oxazole rings is 1. The number of piperazine rings is 1. The third-order valence-corrected chi connectivity index (χ3v) is 7.26. The number of rotatable bonds is 6. The quantitative estimate of drug-likeness (QED) is 0.551. The molecule has 1 aliphatic heterocycles. The zero-order valence-electron chi connectivity index (χ0n) is 17.4. The molecule has 1 fully saturated rings. The van der Waals surface area contributed by atoms with Crippen molar-refractivity contribution in [3.8, 4) is 5.75 Å². The van der Waals surface area contributed by atoms with Crippen LogP contribution in [-0.4, -0.2) is 60.9 Å². The van der Waals surface area contributed by atoms with Crippen LogP contribution < -0.4 is 10.5 Å². The number of halogens is 1. The second-order valence-electron chi connectivity index (χ2n) is 7.27. The zero-order chi connectivity index (χ0) is 22.9. The molecule has 0 spiro atoms. The SMILES string of the molecule is CCn1c(=O)oc2cc(S(=O)(=O)N3CCN(C(=O)COc4ccc(F)cc4)CC3)ccc21. The third-order valence-electron chi connectivity index (χ3n) is 5.36. The van der Waals surface area contributed by atoms with Crippen LogP contribution in [0.1, 0.15) is 6.92 Å². The lowest BCUT2D eigenvalue weighted by Crippen LogP contribution is -2.51. The van der Waals surface area contributed by atoms with Gasteiger partial charge in [-0.25, -0.2) is 17.6 Å². The lowest BCUT2D eigenvalue weighted by Gasteiger charge is -2.33. The van der Waals surface area contributed by atoms with Gasteiger partial charge in [-0.1, -0.05) is 0 Å². The number of carbonyl (C=O) groups is 1. The van der Waals surface area contributed by atoms with Crippen molar-refractivity contribution in [2.45, 2.75) is 18.4 Å². The Hall–Kier alpha value is -3.18. The van der Waals surface area contributed by atoms with Gasteiger partial charge in [0.05, 0.1) is 10.4 Å². The van der Waals surface area contributed by atoms with Crippen molar-refractivity contribution >= 4 is 27.0 Å². The van der Waals surface area contributed by atoms with E-state index < -0.39 is 21.6 Å². The minimum Gasteiger partial charge on any atom is -0.484 e. The van der Waals surface area contributed by atoms with Gasteiger partial charge in [-0.3, -0.25) is 9.36 Å². The standard InChI is InChI=1S/C21H22FN3O6S/c1-2-25-18-8-7-17(13-19(18)31-21(25)27)32(28,29)24-11-9-23(10-12-24)20(26)14-30-16-5-3-15(22)4-6-16/h3-8,13H,2,9-12,14H2,1H3. The van der Waals surface area contributed by atoms with Gasteiger partial charge in [0.25, 0.3) is 5.91 Å². The molecule has 0 aliphatic carbocycles. The molecule has 0 unspecified atom stereocenters. The van der Waals surface area contributed by atoms with Crippen LogP contribution >= 0.6 is 0 Å². The molecule has 0 saturated carbocycles. The van der Waals surface area contributed by atoms with Gasteiger partial charge in [0.1, 0.15) is 11.6 Å². The van der Waals surface area contributed by atoms with Crippen LogP contribution in [0.5, 0.6) is 5.75 Å². The Morgan fingerprint density at radius 1 is 1.09 bits per heavy atom. The summed E-state index contributed by atoms with van der Waals surface area (Å²) in [6.07, 6.45) is 0. The predicted octanol–water partition coefficient (Wildman–Crippen LogP) is 1.67. The van der Waals surface area contributed by atoms with Crippen molar-refractivity contribution in [1.82, 2.24) is 13.8 Å². The van der Waals surface area contributed by atoms with Crippen LogP contribution in [0.2, 0.25) is 0 Å². The highest BCUT2D eigenvalue weighted by Gasteiger charge is 2.30. The molecular weight excluding hydrogens is 441 g/mol. The molecule has 2 heterocycles. The predicted molar refractivity (Wildman–Crippen MR) is 113 cm³/mol. The van der Waals surface area contributed by atoms with Gasteiger partial charge in [0.15, 0.2) is 12.2 Å². The summed E-state index contributed by atoms with van der Waals surface area (Å²) in [5.74, 6) is -0.840. The molecule has 0 radical (unpaired) electrons. The molecule has 1 aromatic heterocycles. The smallest absolute Gasteiger partial charge is 0.419 e. The van der Waals surface area contributed by atoms with Crippen LogP contribution in [0.15, 0.2) is 56.6 Å². The average Bonchev–Trinajstić information content (AvgIpc) is 3.12. The summed E-state index contributed by atoms with van der Waals surface area (Å²) in [5.41, 5.74) is 0.748. The maximum atomic E-state index is 13.0. The fourth-order valence-corrected chi connectivity index (χ4v) is 5.04. The summed E-state index contributed by atoms with van der Waals surface area (Å²) < 4.78 is 52.3. The maximum Gasteiger partial charge on any atom is 0.419 e. The normalized spacial score (nSPS) is 15.2. The Bertz CT molecular complexity index is 1290. The first-order valence-corrected chi connectivity index (χ1v) is 11.5. The van der Waals surface area contributed by atoms with Crippen molar-refractivity contribution in [3.63, 3.8) is 0 Å². The first kappa shape index (κ1) is 22.0. The first-order valence-electron chi connectivity index (χ1n) is 10.1. The Kier molecular flexibility index (Phi) is 6.02. The number of hydrogen-bond donors (Lipinski definition) is 0. The van der Waals surface area contributed by atoms with Gasteiger partial charge >= 0.3 is 5.76 Å². The van der Waals surface area contributed by atoms with Crippen LogP contribution in [0.3, 0.4) is 0 Å². The van der Waals surface area contributed by atoms with Crippen molar-refractivity contribution in [3.05, 3.63) is 58.8 Å². The molecule has 0 N–H and O–H groups in total. The van der Waals surface area contributed by atoms with Crippen LogP contribution in [0, 0.1) is 5.82 Å². The van der Waals surface area contributed by atoms with E-state index in [1.165, 1.54) is 50.2 Å². The second-order valence-corrected chi connectivity index (χ2v) is 9.21. The molecule has 3 aromatic rings. The van der Waals surface area contributed by atoms with E-state index in [0.717, 1.165) is 0 Å². The summed E-state index contributed by atoms with van der Waals surface area (Å²) in [4.78, 5) is 25.8. The third kappa shape index (κ3) is 4.26. The number of aromatic nitrogens is 1. The van der Waals surface area contributed by atoms with Gasteiger partial charge in [0.2, 0.25) is 10.0 Å². The van der Waals surface area contributed by atoms with Gasteiger partial charge in [-0.2, -0.15) is 4.31 Å². The number of benzene rings is 2. The number of ether oxygens (including phenoxy) is 1. The Labute approximate surface area is 183 Å². The summed E-state index contributed by atoms with van der Waals surface area (Å²) >= 11 is 0. The van der Waals surface area contributed by atoms with E-state index in [9.17, 15) is 22.4 Å². The van der Waals surface area contributed by atoms with E-state index in [1.807, 2.05) is 0 Å². The highest BCUT2D eigenvalue weighted by Crippen LogP contribution is 2.23. The van der Waals surface area contributed by atoms with Crippen LogP contribution in [-0.2, 0) is 21.4 Å². The van der Waals surface area contributed by atoms with E-state index in [4.69, 9.17) is 9.15 Å². The molecule has 170 valence electrons. The van der Waals surface area contributed by atoms with Gasteiger partial charge in [-0.15, -0.1) is 0 Å². The molecule has 1 amide bonds. The van der Waals surface area contributed by atoms with E-state index in [0.29, 0.717) is 17.8 Å². The van der Waals surface area contributed by atoms with Crippen molar-refractivity contribution < 1.29 is 26.8 Å². The number of nitrogens with zero attached hydrogens (tertiary/aromatic N) is 3. The van der Waals surface area contributed by atoms with Crippen molar-refractivity contribution in [1.29, 1.82) is 0 Å². The van der Waals surface area contributed by atoms with E-state index in [2.05, 4.69) is 0 Å². The minimum absolute atomic E-state index is 0.0291. The Morgan fingerprint density at radius 3 is 2.44 bits per heavy atom. The fourth-order valence-electron chi connectivity index (χ4n) is 3.60. The number of amides is 1. The lowest BCUT2D eigenvalue weighted by atomic mass is 10.3. The highest BCUT2D eigenvalue weighted by atomic mass is 32.2. The molecule has 2 aromatic carbocycles. The average molecular weight is 463 g/mol. The number of sulfonamides is 1. The highest BCUT2D eigenvalue weighted by molar-refractivity contribution is 7.89. The Morgan fingerprint density at radius 2 is 1.78 bits per heavy atom. The fraction of sp³-hybridized carbons (Fsp3) is 0.333. The molecule has 32 heavy (non-hydrogen) atoms. The lowest BCUT2D eigenvalue weighted by molar-refractivity contribution is -0.134. The summed E-state index contributed by atoms with van der Waals surface area (Å²) in [5, 5.41) is 0. The van der Waals surface area contributed by atoms with E-state index in [-0.39, 0.29) is 49.2 Å². The van der Waals surface area contributed by atoms with Crippen LogP contribution in [0.25, 0.3) is 11.1 Å². The van der Waals surface area contributed by atoms with E-state index in [1.54, 1.807) is 13.0 Å². The molecular formula is C21H22FN3O6S. The zero-order valence-corrected chi connectivity index (χ0v) is 18.2.